The summed E-state index contributed by atoms with van der Waals surface area (Å²) in [5, 5.41) is 6.44. The zero-order chi connectivity index (χ0) is 22.1. The second kappa shape index (κ2) is 8.34. The predicted octanol–water partition coefficient (Wildman–Crippen LogP) is 3.82. The fourth-order valence-corrected chi connectivity index (χ4v) is 4.33. The van der Waals surface area contributed by atoms with Crippen LogP contribution in [0.4, 0.5) is 0 Å². The van der Waals surface area contributed by atoms with Crippen LogP contribution in [0.15, 0.2) is 71.5 Å². The summed E-state index contributed by atoms with van der Waals surface area (Å²) >= 11 is 0. The van der Waals surface area contributed by atoms with E-state index in [0.29, 0.717) is 37.5 Å². The van der Waals surface area contributed by atoms with Gasteiger partial charge in [0.2, 0.25) is 0 Å². The summed E-state index contributed by atoms with van der Waals surface area (Å²) in [6.45, 7) is 2.18. The maximum atomic E-state index is 13.5. The molecule has 2 amide bonds. The Labute approximate surface area is 185 Å². The van der Waals surface area contributed by atoms with Crippen molar-refractivity contribution in [3.63, 3.8) is 0 Å². The molecule has 0 atom stereocenters. The van der Waals surface area contributed by atoms with E-state index in [0.717, 1.165) is 28.5 Å². The number of benzene rings is 2. The third-order valence-electron chi connectivity index (χ3n) is 5.94. The molecule has 0 aliphatic carbocycles. The predicted molar refractivity (Wildman–Crippen MR) is 121 cm³/mol. The maximum Gasteiger partial charge on any atom is 0.289 e. The molecule has 5 rings (SSSR count). The summed E-state index contributed by atoms with van der Waals surface area (Å²) in [7, 11) is 1.89. The summed E-state index contributed by atoms with van der Waals surface area (Å²) < 4.78 is 7.03. The molecule has 3 heterocycles. The first-order valence-electron chi connectivity index (χ1n) is 10.8. The molecule has 0 unspecified atom stereocenters. The number of aryl methyl sites for hydroxylation is 1. The highest BCUT2D eigenvalue weighted by atomic mass is 16.3. The number of hydrogen-bond donors (Lipinski definition) is 0. The van der Waals surface area contributed by atoms with Gasteiger partial charge in [0.25, 0.3) is 11.8 Å². The highest BCUT2D eigenvalue weighted by Crippen LogP contribution is 2.30. The molecule has 0 saturated carbocycles. The van der Waals surface area contributed by atoms with Crippen LogP contribution in [0.3, 0.4) is 0 Å². The van der Waals surface area contributed by atoms with E-state index < -0.39 is 0 Å². The molecule has 0 radical (unpaired) electrons. The second-order valence-corrected chi connectivity index (χ2v) is 8.00. The van der Waals surface area contributed by atoms with E-state index in [1.807, 2.05) is 60.6 Å². The second-order valence-electron chi connectivity index (χ2n) is 8.00. The lowest BCUT2D eigenvalue weighted by Gasteiger charge is -2.22. The van der Waals surface area contributed by atoms with Crippen LogP contribution >= 0.6 is 0 Å². The molecule has 32 heavy (non-hydrogen) atoms. The average Bonchev–Trinajstić information content (AvgIpc) is 3.44. The van der Waals surface area contributed by atoms with Gasteiger partial charge in [-0.25, -0.2) is 0 Å². The van der Waals surface area contributed by atoms with Gasteiger partial charge >= 0.3 is 0 Å². The van der Waals surface area contributed by atoms with Crippen molar-refractivity contribution in [3.8, 4) is 11.3 Å². The lowest BCUT2D eigenvalue weighted by Crippen LogP contribution is -2.37. The van der Waals surface area contributed by atoms with E-state index in [1.165, 1.54) is 6.26 Å². The van der Waals surface area contributed by atoms with Crippen LogP contribution in [-0.2, 0) is 7.05 Å². The van der Waals surface area contributed by atoms with E-state index in [2.05, 4.69) is 5.10 Å². The molecule has 162 valence electrons. The lowest BCUT2D eigenvalue weighted by molar-refractivity contribution is 0.0701. The molecule has 7 nitrogen and oxygen atoms in total. The summed E-state index contributed by atoms with van der Waals surface area (Å²) in [6, 6.07) is 17.2. The summed E-state index contributed by atoms with van der Waals surface area (Å²) in [5.41, 5.74) is 2.56. The molecule has 7 heteroatoms. The van der Waals surface area contributed by atoms with E-state index in [1.54, 1.807) is 21.7 Å². The topological polar surface area (TPSA) is 71.6 Å². The minimum absolute atomic E-state index is 0.0129. The van der Waals surface area contributed by atoms with Crippen molar-refractivity contribution >= 4 is 22.6 Å². The van der Waals surface area contributed by atoms with Crippen molar-refractivity contribution in [2.24, 2.45) is 7.05 Å². The largest absolute Gasteiger partial charge is 0.459 e. The Morgan fingerprint density at radius 2 is 1.59 bits per heavy atom. The highest BCUT2D eigenvalue weighted by Gasteiger charge is 2.25. The molecule has 1 aliphatic rings. The number of carbonyl (C=O) groups is 2. The minimum Gasteiger partial charge on any atom is -0.459 e. The molecule has 0 bridgehead atoms. The Bertz CT molecular complexity index is 1280. The summed E-state index contributed by atoms with van der Waals surface area (Å²) in [6.07, 6.45) is 4.14. The van der Waals surface area contributed by atoms with Gasteiger partial charge in [-0.05, 0) is 41.5 Å². The van der Waals surface area contributed by atoms with Crippen molar-refractivity contribution in [1.29, 1.82) is 0 Å². The van der Waals surface area contributed by atoms with Crippen LogP contribution in [0.2, 0.25) is 0 Å². The highest BCUT2D eigenvalue weighted by molar-refractivity contribution is 6.10. The number of carbonyl (C=O) groups excluding carboxylic acids is 2. The molecule has 0 spiro atoms. The van der Waals surface area contributed by atoms with Crippen LogP contribution in [0.5, 0.6) is 0 Å². The average molecular weight is 428 g/mol. The van der Waals surface area contributed by atoms with Gasteiger partial charge in [-0.2, -0.15) is 5.10 Å². The molecule has 4 aromatic rings. The first kappa shape index (κ1) is 20.1. The maximum absolute atomic E-state index is 13.5. The molecule has 2 aromatic heterocycles. The molecular formula is C25H24N4O3. The van der Waals surface area contributed by atoms with Crippen molar-refractivity contribution in [2.45, 2.75) is 6.42 Å². The number of rotatable bonds is 3. The fourth-order valence-electron chi connectivity index (χ4n) is 4.33. The van der Waals surface area contributed by atoms with Crippen molar-refractivity contribution in [1.82, 2.24) is 19.6 Å². The Morgan fingerprint density at radius 1 is 0.844 bits per heavy atom. The van der Waals surface area contributed by atoms with E-state index in [-0.39, 0.29) is 11.8 Å². The Hall–Kier alpha value is -3.87. The van der Waals surface area contributed by atoms with Gasteiger partial charge in [0.05, 0.1) is 12.0 Å². The molecule has 0 N–H and O–H groups in total. The third kappa shape index (κ3) is 3.66. The number of fused-ring (bicyclic) bond motifs is 1. The summed E-state index contributed by atoms with van der Waals surface area (Å²) in [4.78, 5) is 29.7. The third-order valence-corrected chi connectivity index (χ3v) is 5.94. The van der Waals surface area contributed by atoms with Gasteiger partial charge in [0.15, 0.2) is 5.76 Å². The van der Waals surface area contributed by atoms with Crippen molar-refractivity contribution < 1.29 is 14.0 Å². The lowest BCUT2D eigenvalue weighted by atomic mass is 9.97. The molecular weight excluding hydrogens is 404 g/mol. The molecule has 1 saturated heterocycles. The Kier molecular flexibility index (Phi) is 5.23. The molecule has 1 aliphatic heterocycles. The monoisotopic (exact) mass is 428 g/mol. The zero-order valence-electron chi connectivity index (χ0n) is 17.9. The van der Waals surface area contributed by atoms with Crippen LogP contribution in [0.25, 0.3) is 22.0 Å². The van der Waals surface area contributed by atoms with E-state index in [4.69, 9.17) is 4.42 Å². The normalized spacial score (nSPS) is 14.5. The zero-order valence-corrected chi connectivity index (χ0v) is 17.9. The summed E-state index contributed by atoms with van der Waals surface area (Å²) in [5.74, 6) is 0.191. The van der Waals surface area contributed by atoms with Gasteiger partial charge in [-0.1, -0.05) is 30.3 Å². The number of amides is 2. The van der Waals surface area contributed by atoms with Gasteiger partial charge in [0.1, 0.15) is 0 Å². The Morgan fingerprint density at radius 3 is 2.31 bits per heavy atom. The van der Waals surface area contributed by atoms with Crippen LogP contribution in [-0.4, -0.2) is 57.6 Å². The molecule has 2 aromatic carbocycles. The SMILES string of the molecule is Cn1ccc(-c2cccc3c(C(=O)N4CCCN(C(=O)c5ccco5)CC4)cccc23)n1. The van der Waals surface area contributed by atoms with Crippen molar-refractivity contribution in [3.05, 3.63) is 78.4 Å². The number of hydrogen-bond acceptors (Lipinski definition) is 4. The Balaban J connectivity index is 1.41. The van der Waals surface area contributed by atoms with Gasteiger partial charge in [-0.3, -0.25) is 14.3 Å². The first-order chi connectivity index (χ1) is 15.6. The van der Waals surface area contributed by atoms with Crippen molar-refractivity contribution in [2.75, 3.05) is 26.2 Å². The van der Waals surface area contributed by atoms with Gasteiger partial charge in [0, 0.05) is 50.6 Å². The number of furan rings is 1. The van der Waals surface area contributed by atoms with E-state index in [9.17, 15) is 9.59 Å². The minimum atomic E-state index is -0.130. The number of aromatic nitrogens is 2. The smallest absolute Gasteiger partial charge is 0.289 e. The van der Waals surface area contributed by atoms with Crippen LogP contribution in [0, 0.1) is 0 Å². The number of nitrogens with zero attached hydrogens (tertiary/aromatic N) is 4. The van der Waals surface area contributed by atoms with Gasteiger partial charge in [-0.15, -0.1) is 0 Å². The van der Waals surface area contributed by atoms with Crippen LogP contribution in [0.1, 0.15) is 27.3 Å². The quantitative estimate of drug-likeness (QED) is 0.497. The fraction of sp³-hybridized carbons (Fsp3) is 0.240. The van der Waals surface area contributed by atoms with E-state index >= 15 is 0 Å². The first-order valence-corrected chi connectivity index (χ1v) is 10.8. The molecule has 1 fully saturated rings. The van der Waals surface area contributed by atoms with Gasteiger partial charge < -0.3 is 14.2 Å². The van der Waals surface area contributed by atoms with Crippen LogP contribution < -0.4 is 0 Å². The standard InChI is InChI=1S/C25H24N4O3/c1-27-14-11-22(26-27)20-8-2-7-19-18(20)6-3-9-21(19)24(30)28-12-5-13-29(16-15-28)25(31)23-10-4-17-32-23/h2-4,6-11,14,17H,5,12-13,15-16H2,1H3.